The van der Waals surface area contributed by atoms with E-state index >= 15 is 0 Å². The summed E-state index contributed by atoms with van der Waals surface area (Å²) in [6.07, 6.45) is 0. The van der Waals surface area contributed by atoms with Gasteiger partial charge in [-0.05, 0) is 31.3 Å². The number of nitrogens with two attached hydrogens (primary N) is 1. The van der Waals surface area contributed by atoms with Crippen molar-refractivity contribution < 1.29 is 8.78 Å². The van der Waals surface area contributed by atoms with Crippen LogP contribution in [0.4, 0.5) is 14.6 Å². The fourth-order valence-corrected chi connectivity index (χ4v) is 2.40. The minimum atomic E-state index is -0.737. The molecule has 122 valence electrons. The molecule has 0 fully saturated rings. The van der Waals surface area contributed by atoms with E-state index in [9.17, 15) is 8.78 Å². The van der Waals surface area contributed by atoms with Crippen LogP contribution in [0.15, 0.2) is 48.5 Å². The molecule has 1 aromatic heterocycles. The summed E-state index contributed by atoms with van der Waals surface area (Å²) in [6.45, 7) is 1.98. The second-order valence-electron chi connectivity index (χ2n) is 5.28. The standard InChI is InChI=1S/C17H14F2N4S/c1-10-2-4-11(5-3-10)14-9-16(21-17(20)24)23(22-14)15-7-6-12(18)8-13(15)19/h2-9H,1H3,(H3,20,21,24). The van der Waals surface area contributed by atoms with E-state index in [-0.39, 0.29) is 10.8 Å². The van der Waals surface area contributed by atoms with Crippen LogP contribution < -0.4 is 11.1 Å². The molecule has 0 bridgehead atoms. The lowest BCUT2D eigenvalue weighted by Crippen LogP contribution is -2.21. The third kappa shape index (κ3) is 3.26. The van der Waals surface area contributed by atoms with Gasteiger partial charge in [0.25, 0.3) is 0 Å². The van der Waals surface area contributed by atoms with Gasteiger partial charge in [-0.15, -0.1) is 0 Å². The molecule has 2 aromatic carbocycles. The van der Waals surface area contributed by atoms with Crippen molar-refractivity contribution >= 4 is 23.1 Å². The number of hydrogen-bond acceptors (Lipinski definition) is 2. The molecule has 0 spiro atoms. The fourth-order valence-electron chi connectivity index (χ4n) is 2.30. The molecule has 0 aliphatic heterocycles. The quantitative estimate of drug-likeness (QED) is 0.710. The number of thiocarbonyl (C=S) groups is 1. The van der Waals surface area contributed by atoms with E-state index in [0.29, 0.717) is 11.5 Å². The van der Waals surface area contributed by atoms with Gasteiger partial charge in [0, 0.05) is 17.7 Å². The third-order valence-corrected chi connectivity index (χ3v) is 3.55. The predicted octanol–water partition coefficient (Wildman–Crippen LogP) is 3.78. The number of nitrogens with one attached hydrogen (secondary N) is 1. The topological polar surface area (TPSA) is 55.9 Å². The molecule has 0 aliphatic carbocycles. The highest BCUT2D eigenvalue weighted by molar-refractivity contribution is 7.80. The lowest BCUT2D eigenvalue weighted by atomic mass is 10.1. The van der Waals surface area contributed by atoms with E-state index in [1.54, 1.807) is 6.07 Å². The normalized spacial score (nSPS) is 10.6. The van der Waals surface area contributed by atoms with Crippen LogP contribution >= 0.6 is 12.2 Å². The van der Waals surface area contributed by atoms with Gasteiger partial charge in [0.2, 0.25) is 0 Å². The zero-order chi connectivity index (χ0) is 17.3. The van der Waals surface area contributed by atoms with Crippen LogP contribution in [0, 0.1) is 18.6 Å². The molecule has 1 heterocycles. The van der Waals surface area contributed by atoms with Crippen LogP contribution in [0.2, 0.25) is 0 Å². The summed E-state index contributed by atoms with van der Waals surface area (Å²) >= 11 is 4.86. The Kier molecular flexibility index (Phi) is 4.26. The first-order chi connectivity index (χ1) is 11.4. The van der Waals surface area contributed by atoms with Crippen molar-refractivity contribution in [2.45, 2.75) is 6.92 Å². The predicted molar refractivity (Wildman–Crippen MR) is 94.1 cm³/mol. The van der Waals surface area contributed by atoms with E-state index in [1.807, 2.05) is 31.2 Å². The first kappa shape index (κ1) is 16.1. The lowest BCUT2D eigenvalue weighted by Gasteiger charge is -2.09. The molecule has 3 rings (SSSR count). The van der Waals surface area contributed by atoms with Crippen molar-refractivity contribution in [3.63, 3.8) is 0 Å². The molecule has 4 nitrogen and oxygen atoms in total. The molecule has 7 heteroatoms. The van der Waals surface area contributed by atoms with Crippen molar-refractivity contribution in [1.29, 1.82) is 0 Å². The van der Waals surface area contributed by atoms with Gasteiger partial charge in [0.1, 0.15) is 17.3 Å². The Morgan fingerprint density at radius 1 is 1.12 bits per heavy atom. The zero-order valence-corrected chi connectivity index (χ0v) is 13.6. The van der Waals surface area contributed by atoms with E-state index in [2.05, 4.69) is 10.4 Å². The monoisotopic (exact) mass is 344 g/mol. The van der Waals surface area contributed by atoms with Gasteiger partial charge in [-0.1, -0.05) is 29.8 Å². The lowest BCUT2D eigenvalue weighted by molar-refractivity contribution is 0.574. The number of nitrogens with zero attached hydrogens (tertiary/aromatic N) is 2. The van der Waals surface area contributed by atoms with Crippen LogP contribution in [0.1, 0.15) is 5.56 Å². The van der Waals surface area contributed by atoms with Crippen LogP contribution in [0.25, 0.3) is 16.9 Å². The van der Waals surface area contributed by atoms with E-state index < -0.39 is 11.6 Å². The summed E-state index contributed by atoms with van der Waals surface area (Å²) < 4.78 is 28.6. The summed E-state index contributed by atoms with van der Waals surface area (Å²) in [5, 5.41) is 7.19. The van der Waals surface area contributed by atoms with E-state index in [1.165, 1.54) is 10.7 Å². The largest absolute Gasteiger partial charge is 0.376 e. The van der Waals surface area contributed by atoms with Gasteiger partial charge in [-0.25, -0.2) is 13.5 Å². The summed E-state index contributed by atoms with van der Waals surface area (Å²) in [5.41, 5.74) is 8.20. The minimum absolute atomic E-state index is 0.0223. The zero-order valence-electron chi connectivity index (χ0n) is 12.8. The van der Waals surface area contributed by atoms with Gasteiger partial charge < -0.3 is 11.1 Å². The average Bonchev–Trinajstić information content (AvgIpc) is 2.91. The van der Waals surface area contributed by atoms with Crippen molar-refractivity contribution in [3.05, 3.63) is 65.7 Å². The second-order valence-corrected chi connectivity index (χ2v) is 5.72. The molecular formula is C17H14F2N4S. The van der Waals surface area contributed by atoms with Crippen LogP contribution in [-0.2, 0) is 0 Å². The number of aromatic nitrogens is 2. The Labute approximate surface area is 142 Å². The molecule has 0 aliphatic rings. The molecule has 0 unspecified atom stereocenters. The Hall–Kier alpha value is -2.80. The third-order valence-electron chi connectivity index (χ3n) is 3.45. The molecule has 24 heavy (non-hydrogen) atoms. The number of benzene rings is 2. The Morgan fingerprint density at radius 2 is 1.83 bits per heavy atom. The molecule has 3 N–H and O–H groups in total. The Morgan fingerprint density at radius 3 is 2.46 bits per heavy atom. The van der Waals surface area contributed by atoms with Gasteiger partial charge in [-0.2, -0.15) is 5.10 Å². The van der Waals surface area contributed by atoms with Crippen LogP contribution in [0.5, 0.6) is 0 Å². The fraction of sp³-hybridized carbons (Fsp3) is 0.0588. The van der Waals surface area contributed by atoms with E-state index in [4.69, 9.17) is 18.0 Å². The second kappa shape index (κ2) is 6.37. The van der Waals surface area contributed by atoms with Crippen molar-refractivity contribution in [3.8, 4) is 16.9 Å². The summed E-state index contributed by atoms with van der Waals surface area (Å²) in [7, 11) is 0. The van der Waals surface area contributed by atoms with Crippen LogP contribution in [0.3, 0.4) is 0 Å². The summed E-state index contributed by atoms with van der Waals surface area (Å²) in [6, 6.07) is 12.7. The van der Waals surface area contributed by atoms with Crippen LogP contribution in [-0.4, -0.2) is 14.9 Å². The first-order valence-electron chi connectivity index (χ1n) is 7.13. The van der Waals surface area contributed by atoms with Gasteiger partial charge >= 0.3 is 0 Å². The van der Waals surface area contributed by atoms with E-state index in [0.717, 1.165) is 23.3 Å². The molecule has 0 amide bonds. The smallest absolute Gasteiger partial charge is 0.169 e. The number of hydrogen-bond donors (Lipinski definition) is 2. The van der Waals surface area contributed by atoms with Gasteiger partial charge in [0.05, 0.1) is 5.69 Å². The molecule has 0 atom stereocenters. The SMILES string of the molecule is Cc1ccc(-c2cc(NC(N)=S)n(-c3ccc(F)cc3F)n2)cc1. The molecule has 0 saturated carbocycles. The summed E-state index contributed by atoms with van der Waals surface area (Å²) in [5.74, 6) is -1.01. The summed E-state index contributed by atoms with van der Waals surface area (Å²) in [4.78, 5) is 0. The Bertz CT molecular complexity index is 903. The minimum Gasteiger partial charge on any atom is -0.376 e. The molecule has 3 aromatic rings. The number of rotatable bonds is 3. The highest BCUT2D eigenvalue weighted by atomic mass is 32.1. The highest BCUT2D eigenvalue weighted by Crippen LogP contribution is 2.26. The maximum absolute atomic E-state index is 14.1. The van der Waals surface area contributed by atoms with Gasteiger partial charge in [0.15, 0.2) is 10.9 Å². The molecule has 0 radical (unpaired) electrons. The number of halogens is 2. The van der Waals surface area contributed by atoms with Gasteiger partial charge in [-0.3, -0.25) is 0 Å². The number of aryl methyl sites for hydroxylation is 1. The van der Waals surface area contributed by atoms with Crippen molar-refractivity contribution in [2.75, 3.05) is 5.32 Å². The Balaban J connectivity index is 2.13. The molecule has 0 saturated heterocycles. The molecular weight excluding hydrogens is 330 g/mol. The highest BCUT2D eigenvalue weighted by Gasteiger charge is 2.15. The maximum Gasteiger partial charge on any atom is 0.169 e. The first-order valence-corrected chi connectivity index (χ1v) is 7.54. The van der Waals surface area contributed by atoms with Crippen molar-refractivity contribution in [1.82, 2.24) is 9.78 Å². The average molecular weight is 344 g/mol. The number of anilines is 1. The maximum atomic E-state index is 14.1. The van der Waals surface area contributed by atoms with Crippen molar-refractivity contribution in [2.24, 2.45) is 5.73 Å².